The molecular weight excluding hydrogens is 328 g/mol. The highest BCUT2D eigenvalue weighted by Crippen LogP contribution is 2.44. The van der Waals surface area contributed by atoms with Crippen LogP contribution >= 0.6 is 0 Å². The van der Waals surface area contributed by atoms with Crippen molar-refractivity contribution in [1.82, 2.24) is 0 Å². The Morgan fingerprint density at radius 3 is 1.62 bits per heavy atom. The summed E-state index contributed by atoms with van der Waals surface area (Å²) in [5, 5.41) is 0. The van der Waals surface area contributed by atoms with E-state index in [0.29, 0.717) is 18.6 Å². The van der Waals surface area contributed by atoms with Gasteiger partial charge in [0.25, 0.3) is 0 Å². The Balaban J connectivity index is 2.20. The van der Waals surface area contributed by atoms with Crippen molar-refractivity contribution in [3.8, 4) is 0 Å². The average Bonchev–Trinajstić information content (AvgIpc) is 2.67. The monoisotopic (exact) mass is 364 g/mol. The third-order valence-electron chi connectivity index (χ3n) is 5.44. The van der Waals surface area contributed by atoms with Crippen molar-refractivity contribution in [3.05, 3.63) is 25.3 Å². The van der Waals surface area contributed by atoms with Crippen molar-refractivity contribution in [1.29, 1.82) is 0 Å². The molecule has 1 saturated carbocycles. The van der Waals surface area contributed by atoms with E-state index in [0.717, 1.165) is 25.7 Å². The van der Waals surface area contributed by atoms with E-state index >= 15 is 0 Å². The molecule has 1 aliphatic rings. The second-order valence-electron chi connectivity index (χ2n) is 7.43. The van der Waals surface area contributed by atoms with Crippen LogP contribution in [0.15, 0.2) is 25.3 Å². The molecule has 0 spiro atoms. The van der Waals surface area contributed by atoms with Crippen molar-refractivity contribution in [2.24, 2.45) is 5.41 Å². The first-order valence-electron chi connectivity index (χ1n) is 10.2. The fourth-order valence-corrected chi connectivity index (χ4v) is 3.95. The van der Waals surface area contributed by atoms with E-state index < -0.39 is 0 Å². The van der Waals surface area contributed by atoms with Crippen LogP contribution in [0.5, 0.6) is 0 Å². The smallest absolute Gasteiger partial charge is 0.330 e. The number of hydrogen-bond donors (Lipinski definition) is 0. The van der Waals surface area contributed by atoms with Gasteiger partial charge in [-0.15, -0.1) is 0 Å². The predicted molar refractivity (Wildman–Crippen MR) is 105 cm³/mol. The maximum absolute atomic E-state index is 11.0. The molecule has 26 heavy (non-hydrogen) atoms. The SMILES string of the molecule is C=CC(=O)OCCCCCC1(CCCCCOC(=O)C=C)CCCCC1. The minimum absolute atomic E-state index is 0.326. The van der Waals surface area contributed by atoms with Crippen LogP contribution in [-0.4, -0.2) is 25.2 Å². The maximum atomic E-state index is 11.0. The quantitative estimate of drug-likeness (QED) is 0.231. The van der Waals surface area contributed by atoms with Crippen LogP contribution in [0.4, 0.5) is 0 Å². The first-order valence-corrected chi connectivity index (χ1v) is 10.2. The van der Waals surface area contributed by atoms with Crippen LogP contribution in [0, 0.1) is 5.41 Å². The Morgan fingerprint density at radius 1 is 0.731 bits per heavy atom. The third kappa shape index (κ3) is 9.79. The summed E-state index contributed by atoms with van der Waals surface area (Å²) in [6.45, 7) is 7.81. The second kappa shape index (κ2) is 13.6. The molecule has 1 rings (SSSR count). The third-order valence-corrected chi connectivity index (χ3v) is 5.44. The summed E-state index contributed by atoms with van der Waals surface area (Å²) in [5.41, 5.74) is 0.508. The van der Waals surface area contributed by atoms with Crippen molar-refractivity contribution in [3.63, 3.8) is 0 Å². The Morgan fingerprint density at radius 2 is 1.19 bits per heavy atom. The molecule has 0 amide bonds. The van der Waals surface area contributed by atoms with Gasteiger partial charge in [0.2, 0.25) is 0 Å². The first-order chi connectivity index (χ1) is 12.6. The van der Waals surface area contributed by atoms with E-state index in [1.165, 1.54) is 69.9 Å². The lowest BCUT2D eigenvalue weighted by Gasteiger charge is -2.38. The molecule has 1 aliphatic carbocycles. The zero-order valence-corrected chi connectivity index (χ0v) is 16.3. The highest BCUT2D eigenvalue weighted by atomic mass is 16.5. The zero-order valence-electron chi connectivity index (χ0n) is 16.3. The molecule has 4 heteroatoms. The molecule has 0 bridgehead atoms. The average molecular weight is 365 g/mol. The lowest BCUT2D eigenvalue weighted by Crippen LogP contribution is -2.24. The van der Waals surface area contributed by atoms with Gasteiger partial charge in [-0.2, -0.15) is 0 Å². The molecule has 0 aromatic rings. The zero-order chi connectivity index (χ0) is 19.1. The fraction of sp³-hybridized carbons (Fsp3) is 0.727. The molecule has 0 aromatic heterocycles. The number of rotatable bonds is 14. The van der Waals surface area contributed by atoms with Gasteiger partial charge in [-0.3, -0.25) is 0 Å². The minimum Gasteiger partial charge on any atom is -0.463 e. The molecule has 0 atom stereocenters. The van der Waals surface area contributed by atoms with Crippen molar-refractivity contribution >= 4 is 11.9 Å². The number of carbonyl (C=O) groups excluding carboxylic acids is 2. The molecule has 1 fully saturated rings. The van der Waals surface area contributed by atoms with Crippen LogP contribution in [0.3, 0.4) is 0 Å². The van der Waals surface area contributed by atoms with Crippen LogP contribution in [0.1, 0.15) is 83.5 Å². The van der Waals surface area contributed by atoms with E-state index in [9.17, 15) is 9.59 Å². The molecule has 148 valence electrons. The summed E-state index contributed by atoms with van der Waals surface area (Å²) in [7, 11) is 0. The molecule has 0 radical (unpaired) electrons. The molecular formula is C22H36O4. The van der Waals surface area contributed by atoms with Crippen LogP contribution in [-0.2, 0) is 19.1 Å². The van der Waals surface area contributed by atoms with Gasteiger partial charge in [0.15, 0.2) is 0 Å². The summed E-state index contributed by atoms with van der Waals surface area (Å²) in [6, 6.07) is 0. The lowest BCUT2D eigenvalue weighted by molar-refractivity contribution is -0.138. The summed E-state index contributed by atoms with van der Waals surface area (Å²) in [5.74, 6) is -0.653. The molecule has 0 heterocycles. The minimum atomic E-state index is -0.326. The maximum Gasteiger partial charge on any atom is 0.330 e. The molecule has 0 N–H and O–H groups in total. The van der Waals surface area contributed by atoms with Gasteiger partial charge in [0.05, 0.1) is 13.2 Å². The van der Waals surface area contributed by atoms with E-state index in [1.807, 2.05) is 0 Å². The van der Waals surface area contributed by atoms with E-state index in [-0.39, 0.29) is 11.9 Å². The summed E-state index contributed by atoms with van der Waals surface area (Å²) >= 11 is 0. The molecule has 0 aromatic carbocycles. The Labute approximate surface area is 159 Å². The number of carbonyl (C=O) groups is 2. The lowest BCUT2D eigenvalue weighted by atomic mass is 9.68. The van der Waals surface area contributed by atoms with Gasteiger partial charge >= 0.3 is 11.9 Å². The normalized spacial score (nSPS) is 15.8. The predicted octanol–water partition coefficient (Wildman–Crippen LogP) is 5.52. The van der Waals surface area contributed by atoms with Gasteiger partial charge in [-0.05, 0) is 43.9 Å². The largest absolute Gasteiger partial charge is 0.463 e. The molecule has 0 unspecified atom stereocenters. The number of esters is 2. The molecule has 4 nitrogen and oxygen atoms in total. The summed E-state index contributed by atoms with van der Waals surface area (Å²) in [4.78, 5) is 22.0. The van der Waals surface area contributed by atoms with Gasteiger partial charge in [0.1, 0.15) is 0 Å². The molecule has 0 aliphatic heterocycles. The Kier molecular flexibility index (Phi) is 11.7. The second-order valence-corrected chi connectivity index (χ2v) is 7.43. The van der Waals surface area contributed by atoms with Gasteiger partial charge in [-0.25, -0.2) is 9.59 Å². The standard InChI is InChI=1S/C22H36O4/c1-3-20(23)25-18-12-6-10-16-22(14-8-5-9-15-22)17-11-7-13-19-26-21(24)4-2/h3-4H,1-2,5-19H2. The first kappa shape index (κ1) is 22.5. The Bertz CT molecular complexity index is 401. The summed E-state index contributed by atoms with van der Waals surface area (Å²) < 4.78 is 10.1. The highest BCUT2D eigenvalue weighted by Gasteiger charge is 2.30. The van der Waals surface area contributed by atoms with Crippen molar-refractivity contribution < 1.29 is 19.1 Å². The van der Waals surface area contributed by atoms with Gasteiger partial charge in [-0.1, -0.05) is 58.1 Å². The van der Waals surface area contributed by atoms with Gasteiger partial charge < -0.3 is 9.47 Å². The van der Waals surface area contributed by atoms with E-state index in [1.54, 1.807) is 0 Å². The van der Waals surface area contributed by atoms with Gasteiger partial charge in [0, 0.05) is 12.2 Å². The van der Waals surface area contributed by atoms with E-state index in [4.69, 9.17) is 9.47 Å². The topological polar surface area (TPSA) is 52.6 Å². The Hall–Kier alpha value is -1.58. The van der Waals surface area contributed by atoms with Crippen LogP contribution < -0.4 is 0 Å². The number of unbranched alkanes of at least 4 members (excludes halogenated alkanes) is 4. The van der Waals surface area contributed by atoms with Crippen molar-refractivity contribution in [2.45, 2.75) is 83.5 Å². The highest BCUT2D eigenvalue weighted by molar-refractivity contribution is 5.81. The number of ether oxygens (including phenoxy) is 2. The summed E-state index contributed by atoms with van der Waals surface area (Å²) in [6.07, 6.45) is 18.3. The number of hydrogen-bond acceptors (Lipinski definition) is 4. The van der Waals surface area contributed by atoms with Crippen LogP contribution in [0.25, 0.3) is 0 Å². The van der Waals surface area contributed by atoms with Crippen molar-refractivity contribution in [2.75, 3.05) is 13.2 Å². The van der Waals surface area contributed by atoms with E-state index in [2.05, 4.69) is 13.2 Å². The van der Waals surface area contributed by atoms with Crippen LogP contribution in [0.2, 0.25) is 0 Å². The fourth-order valence-electron chi connectivity index (χ4n) is 3.95. The molecule has 0 saturated heterocycles.